The van der Waals surface area contributed by atoms with Gasteiger partial charge < -0.3 is 24.8 Å². The zero-order chi connectivity index (χ0) is 13.3. The number of hydrogen-bond donors (Lipinski definition) is 0. The fraction of sp³-hybridized carbons (Fsp3) is 0.467. The van der Waals surface area contributed by atoms with Gasteiger partial charge in [-0.15, -0.1) is 0 Å². The first kappa shape index (κ1) is 20.4. The first-order valence-electron chi connectivity index (χ1n) is 6.72. The Morgan fingerprint density at radius 1 is 1.10 bits per heavy atom. The van der Waals surface area contributed by atoms with E-state index in [-0.39, 0.29) is 44.2 Å². The molecule has 0 amide bonds. The summed E-state index contributed by atoms with van der Waals surface area (Å²) in [4.78, 5) is 0. The Morgan fingerprint density at radius 3 is 2.25 bits per heavy atom. The Labute approximate surface area is 147 Å². The zero-order valence-electron chi connectivity index (χ0n) is 12.8. The quantitative estimate of drug-likeness (QED) is 0.553. The van der Waals surface area contributed by atoms with Crippen LogP contribution in [0.4, 0.5) is 0 Å². The molecule has 1 aromatic rings. The molecule has 0 fully saturated rings. The van der Waals surface area contributed by atoms with Crippen LogP contribution in [0.15, 0.2) is 30.3 Å². The van der Waals surface area contributed by atoms with Crippen LogP contribution in [0.25, 0.3) is 6.08 Å². The SMILES string of the molecule is C[SiH](C)[N]([Ti+2][CH]1C=Cc2ccccc21)C(C)(C)C.[Cl-].[Cl-]. The second-order valence-electron chi connectivity index (χ2n) is 6.23. The van der Waals surface area contributed by atoms with E-state index in [0.29, 0.717) is 9.76 Å². The van der Waals surface area contributed by atoms with E-state index in [2.05, 4.69) is 73.3 Å². The maximum absolute atomic E-state index is 2.85. The largest absolute Gasteiger partial charge is 1.00 e. The average Bonchev–Trinajstić information content (AvgIpc) is 2.67. The van der Waals surface area contributed by atoms with Crippen LogP contribution in [0.5, 0.6) is 0 Å². The van der Waals surface area contributed by atoms with Crippen molar-refractivity contribution in [2.45, 2.75) is 43.6 Å². The molecule has 0 radical (unpaired) electrons. The van der Waals surface area contributed by atoms with E-state index in [1.54, 1.807) is 5.56 Å². The van der Waals surface area contributed by atoms with Gasteiger partial charge in [0.25, 0.3) is 0 Å². The van der Waals surface area contributed by atoms with Crippen molar-refractivity contribution in [2.24, 2.45) is 0 Å². The second kappa shape index (κ2) is 8.17. The van der Waals surface area contributed by atoms with E-state index in [4.69, 9.17) is 0 Å². The summed E-state index contributed by atoms with van der Waals surface area (Å²) in [5, 5.41) is 0. The summed E-state index contributed by atoms with van der Waals surface area (Å²) in [7, 11) is -0.726. The third-order valence-electron chi connectivity index (χ3n) is 3.32. The molecule has 1 aliphatic carbocycles. The fourth-order valence-electron chi connectivity index (χ4n) is 2.63. The summed E-state index contributed by atoms with van der Waals surface area (Å²) in [5.74, 6) is 0. The van der Waals surface area contributed by atoms with Gasteiger partial charge in [0, 0.05) is 0 Å². The Morgan fingerprint density at radius 2 is 1.70 bits per heavy atom. The summed E-state index contributed by atoms with van der Waals surface area (Å²) in [5.41, 5.74) is 3.33. The Balaban J connectivity index is 0.00000180. The molecule has 5 heteroatoms. The molecule has 1 nitrogen and oxygen atoms in total. The minimum atomic E-state index is -0.726. The van der Waals surface area contributed by atoms with Crippen LogP contribution in [0.1, 0.15) is 36.1 Å². The molecule has 110 valence electrons. The van der Waals surface area contributed by atoms with E-state index < -0.39 is 8.96 Å². The monoisotopic (exact) mass is 363 g/mol. The minimum absolute atomic E-state index is 0. The van der Waals surface area contributed by atoms with E-state index in [0.717, 1.165) is 0 Å². The number of benzene rings is 1. The maximum atomic E-state index is 2.85. The van der Waals surface area contributed by atoms with Crippen molar-refractivity contribution in [1.29, 1.82) is 0 Å². The summed E-state index contributed by atoms with van der Waals surface area (Å²) in [6, 6.07) is 8.88. The van der Waals surface area contributed by atoms with Gasteiger partial charge in [-0.3, -0.25) is 0 Å². The van der Waals surface area contributed by atoms with Gasteiger partial charge in [-0.05, 0) is 0 Å². The van der Waals surface area contributed by atoms with Crippen LogP contribution < -0.4 is 24.8 Å². The number of nitrogens with zero attached hydrogens (tertiary/aromatic N) is 1. The van der Waals surface area contributed by atoms with Crippen molar-refractivity contribution in [1.82, 2.24) is 3.05 Å². The molecule has 1 atom stereocenters. The molecule has 0 aromatic heterocycles. The molecule has 0 N–H and O–H groups in total. The van der Waals surface area contributed by atoms with E-state index in [1.807, 2.05) is 0 Å². The molecule has 20 heavy (non-hydrogen) atoms. The van der Waals surface area contributed by atoms with Crippen LogP contribution >= 0.6 is 0 Å². The van der Waals surface area contributed by atoms with Crippen LogP contribution in [-0.2, 0) is 19.4 Å². The Kier molecular flexibility index (Phi) is 8.34. The van der Waals surface area contributed by atoms with Crippen molar-refractivity contribution in [3.63, 3.8) is 0 Å². The second-order valence-corrected chi connectivity index (χ2v) is 11.9. The van der Waals surface area contributed by atoms with E-state index >= 15 is 0 Å². The number of halogens is 2. The van der Waals surface area contributed by atoms with Crippen LogP contribution in [-0.4, -0.2) is 17.5 Å². The summed E-state index contributed by atoms with van der Waals surface area (Å²) in [6.07, 6.45) is 4.74. The number of allylic oxidation sites excluding steroid dienone is 1. The van der Waals surface area contributed by atoms with Gasteiger partial charge in [0.2, 0.25) is 0 Å². The molecular weight excluding hydrogens is 341 g/mol. The molecule has 0 spiro atoms. The average molecular weight is 364 g/mol. The van der Waals surface area contributed by atoms with Gasteiger partial charge in [-0.25, -0.2) is 0 Å². The molecule has 0 saturated heterocycles. The smallest absolute Gasteiger partial charge is 1.00 e. The summed E-state index contributed by atoms with van der Waals surface area (Å²) >= 11 is -0.109. The molecule has 0 saturated carbocycles. The third-order valence-corrected chi connectivity index (χ3v) is 10.9. The van der Waals surface area contributed by atoms with Gasteiger partial charge in [0.15, 0.2) is 0 Å². The normalized spacial score (nSPS) is 16.4. The fourth-order valence-corrected chi connectivity index (χ4v) is 8.52. The molecular formula is C15H23Cl2NSiTi. The Bertz CT molecular complexity index is 457. The molecule has 1 aliphatic rings. The minimum Gasteiger partial charge on any atom is -1.00 e. The van der Waals surface area contributed by atoms with Gasteiger partial charge in [-0.1, -0.05) is 0 Å². The van der Waals surface area contributed by atoms with Crippen molar-refractivity contribution in [3.8, 4) is 0 Å². The predicted octanol–water partition coefficient (Wildman–Crippen LogP) is -2.16. The molecule has 0 aliphatic heterocycles. The molecule has 1 unspecified atom stereocenters. The van der Waals surface area contributed by atoms with Gasteiger partial charge >= 0.3 is 123 Å². The van der Waals surface area contributed by atoms with E-state index in [1.165, 1.54) is 5.56 Å². The van der Waals surface area contributed by atoms with Gasteiger partial charge in [0.05, 0.1) is 0 Å². The predicted molar refractivity (Wildman–Crippen MR) is 78.7 cm³/mol. The standard InChI is InChI=1S/C9H7.C6H16NSi.2ClH.Ti/c1-2-5-9-7-3-6-8(9)4-1;1-6(2,3)7-8(4)5;;;/h1-7H;8H,1-5H3;2*1H;/q;-1;;;+3/p-2. The van der Waals surface area contributed by atoms with Crippen molar-refractivity contribution >= 4 is 15.0 Å². The number of rotatable bonds is 3. The first-order chi connectivity index (χ1) is 8.39. The van der Waals surface area contributed by atoms with Gasteiger partial charge in [-0.2, -0.15) is 0 Å². The van der Waals surface area contributed by atoms with E-state index in [9.17, 15) is 0 Å². The number of fused-ring (bicyclic) bond motifs is 1. The molecule has 0 bridgehead atoms. The van der Waals surface area contributed by atoms with Crippen molar-refractivity contribution in [2.75, 3.05) is 0 Å². The summed E-state index contributed by atoms with van der Waals surface area (Å²) in [6.45, 7) is 12.0. The molecule has 0 heterocycles. The number of hydrogen-bond acceptors (Lipinski definition) is 1. The molecule has 2 rings (SSSR count). The van der Waals surface area contributed by atoms with Crippen LogP contribution in [0, 0.1) is 0 Å². The Hall–Kier alpha value is 0.431. The van der Waals surface area contributed by atoms with Crippen molar-refractivity contribution < 1.29 is 44.2 Å². The molecule has 1 aromatic carbocycles. The third kappa shape index (κ3) is 4.72. The zero-order valence-corrected chi connectivity index (χ0v) is 17.1. The topological polar surface area (TPSA) is 3.24 Å². The first-order valence-corrected chi connectivity index (χ1v) is 11.1. The summed E-state index contributed by atoms with van der Waals surface area (Å²) < 4.78 is 3.56. The van der Waals surface area contributed by atoms with Crippen LogP contribution in [0.2, 0.25) is 13.1 Å². The van der Waals surface area contributed by atoms with Gasteiger partial charge in [0.1, 0.15) is 0 Å². The van der Waals surface area contributed by atoms with Crippen LogP contribution in [0.3, 0.4) is 0 Å². The van der Waals surface area contributed by atoms with Crippen molar-refractivity contribution in [3.05, 3.63) is 41.5 Å². The maximum Gasteiger partial charge on any atom is -1.00 e.